The zero-order chi connectivity index (χ0) is 17.8. The SMILES string of the molecule is O=C1c2ccccc2C(=O)N1Cc1nc2sc3c(c2c(=O)[nH]1)CCCC3. The lowest BCUT2D eigenvalue weighted by molar-refractivity contribution is 0.0638. The lowest BCUT2D eigenvalue weighted by Crippen LogP contribution is -2.31. The summed E-state index contributed by atoms with van der Waals surface area (Å²) in [6.07, 6.45) is 4.13. The Bertz CT molecular complexity index is 1110. The van der Waals surface area contributed by atoms with Crippen LogP contribution < -0.4 is 5.56 Å². The van der Waals surface area contributed by atoms with Crippen molar-refractivity contribution < 1.29 is 9.59 Å². The van der Waals surface area contributed by atoms with Crippen molar-refractivity contribution in [1.29, 1.82) is 0 Å². The van der Waals surface area contributed by atoms with Gasteiger partial charge in [-0.1, -0.05) is 12.1 Å². The summed E-state index contributed by atoms with van der Waals surface area (Å²) in [4.78, 5) is 48.0. The quantitative estimate of drug-likeness (QED) is 0.708. The van der Waals surface area contributed by atoms with Gasteiger partial charge in [0.15, 0.2) is 0 Å². The number of thiophene rings is 1. The molecule has 7 heteroatoms. The third-order valence-electron chi connectivity index (χ3n) is 5.06. The van der Waals surface area contributed by atoms with Crippen molar-refractivity contribution in [2.24, 2.45) is 0 Å². The molecule has 0 bridgehead atoms. The molecule has 0 saturated carbocycles. The molecule has 1 aromatic carbocycles. The molecule has 2 aliphatic rings. The van der Waals surface area contributed by atoms with E-state index in [1.807, 2.05) is 0 Å². The topological polar surface area (TPSA) is 83.1 Å². The van der Waals surface area contributed by atoms with E-state index in [9.17, 15) is 14.4 Å². The van der Waals surface area contributed by atoms with Gasteiger partial charge in [-0.05, 0) is 43.4 Å². The Kier molecular flexibility index (Phi) is 3.33. The Hall–Kier alpha value is -2.80. The molecule has 130 valence electrons. The average molecular weight is 365 g/mol. The van der Waals surface area contributed by atoms with Gasteiger partial charge in [0.05, 0.1) is 23.1 Å². The molecule has 6 nitrogen and oxygen atoms in total. The zero-order valence-corrected chi connectivity index (χ0v) is 14.7. The van der Waals surface area contributed by atoms with Gasteiger partial charge in [0.25, 0.3) is 17.4 Å². The predicted molar refractivity (Wildman–Crippen MR) is 97.5 cm³/mol. The molecular formula is C19H15N3O3S. The molecule has 3 heterocycles. The van der Waals surface area contributed by atoms with E-state index in [0.29, 0.717) is 27.2 Å². The second kappa shape index (κ2) is 5.60. The number of H-pyrrole nitrogens is 1. The number of aryl methyl sites for hydroxylation is 2. The van der Waals surface area contributed by atoms with Crippen molar-refractivity contribution >= 4 is 33.4 Å². The maximum atomic E-state index is 12.6. The minimum Gasteiger partial charge on any atom is -0.308 e. The highest BCUT2D eigenvalue weighted by molar-refractivity contribution is 7.18. The van der Waals surface area contributed by atoms with Crippen LogP contribution in [0.25, 0.3) is 10.2 Å². The first-order chi connectivity index (χ1) is 12.6. The van der Waals surface area contributed by atoms with Crippen molar-refractivity contribution in [2.75, 3.05) is 0 Å². The number of hydrogen-bond acceptors (Lipinski definition) is 5. The minimum atomic E-state index is -0.348. The third-order valence-corrected chi connectivity index (χ3v) is 6.25. The van der Waals surface area contributed by atoms with Crippen LogP contribution in [0.15, 0.2) is 29.1 Å². The van der Waals surface area contributed by atoms with Crippen molar-refractivity contribution in [3.8, 4) is 0 Å². The van der Waals surface area contributed by atoms with Gasteiger partial charge in [-0.15, -0.1) is 11.3 Å². The maximum absolute atomic E-state index is 12.6. The normalized spacial score (nSPS) is 16.2. The summed E-state index contributed by atoms with van der Waals surface area (Å²) in [5.41, 5.74) is 1.73. The Balaban J connectivity index is 1.54. The van der Waals surface area contributed by atoms with Crippen LogP contribution in [0.1, 0.15) is 49.8 Å². The standard InChI is InChI=1S/C19H15N3O3S/c23-16-15-12-7-3-4-8-13(12)26-17(15)21-14(20-16)9-22-18(24)10-5-1-2-6-11(10)19(22)25/h1-2,5-6H,3-4,7-9H2,(H,20,21,23). The molecule has 1 aliphatic carbocycles. The van der Waals surface area contributed by atoms with Crippen molar-refractivity contribution in [2.45, 2.75) is 32.2 Å². The molecule has 0 unspecified atom stereocenters. The molecule has 5 rings (SSSR count). The van der Waals surface area contributed by atoms with Gasteiger partial charge in [-0.2, -0.15) is 0 Å². The number of nitrogens with zero attached hydrogens (tertiary/aromatic N) is 2. The lowest BCUT2D eigenvalue weighted by atomic mass is 9.97. The number of imide groups is 1. The second-order valence-electron chi connectivity index (χ2n) is 6.65. The van der Waals surface area contributed by atoms with Gasteiger partial charge in [0, 0.05) is 4.88 Å². The van der Waals surface area contributed by atoms with E-state index in [2.05, 4.69) is 9.97 Å². The average Bonchev–Trinajstić information content (AvgIpc) is 3.13. The first-order valence-electron chi connectivity index (χ1n) is 8.62. The maximum Gasteiger partial charge on any atom is 0.261 e. The second-order valence-corrected chi connectivity index (χ2v) is 7.73. The highest BCUT2D eigenvalue weighted by Gasteiger charge is 2.35. The van der Waals surface area contributed by atoms with E-state index in [-0.39, 0.29) is 23.9 Å². The van der Waals surface area contributed by atoms with E-state index in [0.717, 1.165) is 36.1 Å². The minimum absolute atomic E-state index is 0.0277. The van der Waals surface area contributed by atoms with Crippen LogP contribution in [0.4, 0.5) is 0 Å². The van der Waals surface area contributed by atoms with Crippen LogP contribution in [0, 0.1) is 0 Å². The highest BCUT2D eigenvalue weighted by Crippen LogP contribution is 2.33. The monoisotopic (exact) mass is 365 g/mol. The van der Waals surface area contributed by atoms with Crippen LogP contribution in [-0.4, -0.2) is 26.7 Å². The molecule has 2 amide bonds. The van der Waals surface area contributed by atoms with E-state index in [1.54, 1.807) is 35.6 Å². The number of benzene rings is 1. The zero-order valence-electron chi connectivity index (χ0n) is 13.9. The molecular weight excluding hydrogens is 350 g/mol. The van der Waals surface area contributed by atoms with Gasteiger partial charge in [-0.3, -0.25) is 19.3 Å². The Morgan fingerprint density at radius 3 is 2.46 bits per heavy atom. The van der Waals surface area contributed by atoms with Crippen molar-refractivity contribution in [3.05, 3.63) is 62.0 Å². The number of aromatic nitrogens is 2. The fourth-order valence-corrected chi connectivity index (χ4v) is 5.10. The Morgan fingerprint density at radius 2 is 1.73 bits per heavy atom. The molecule has 1 aliphatic heterocycles. The fraction of sp³-hybridized carbons (Fsp3) is 0.263. The van der Waals surface area contributed by atoms with E-state index < -0.39 is 0 Å². The summed E-state index contributed by atoms with van der Waals surface area (Å²) in [7, 11) is 0. The summed E-state index contributed by atoms with van der Waals surface area (Å²) in [6, 6.07) is 6.75. The van der Waals surface area contributed by atoms with Crippen molar-refractivity contribution in [3.63, 3.8) is 0 Å². The Morgan fingerprint density at radius 1 is 1.04 bits per heavy atom. The highest BCUT2D eigenvalue weighted by atomic mass is 32.1. The van der Waals surface area contributed by atoms with Crippen LogP contribution in [0.2, 0.25) is 0 Å². The number of amides is 2. The third kappa shape index (κ3) is 2.17. The van der Waals surface area contributed by atoms with Gasteiger partial charge in [-0.25, -0.2) is 4.98 Å². The van der Waals surface area contributed by atoms with Gasteiger partial charge >= 0.3 is 0 Å². The molecule has 0 spiro atoms. The molecule has 3 aromatic rings. The number of fused-ring (bicyclic) bond motifs is 4. The molecule has 0 radical (unpaired) electrons. The van der Waals surface area contributed by atoms with Crippen LogP contribution in [0.5, 0.6) is 0 Å². The predicted octanol–water partition coefficient (Wildman–Crippen LogP) is 2.66. The largest absolute Gasteiger partial charge is 0.308 e. The number of carbonyl (C=O) groups excluding carboxylic acids is 2. The van der Waals surface area contributed by atoms with Crippen LogP contribution >= 0.6 is 11.3 Å². The van der Waals surface area contributed by atoms with Gasteiger partial charge < -0.3 is 4.98 Å². The molecule has 0 fully saturated rings. The first-order valence-corrected chi connectivity index (χ1v) is 9.44. The lowest BCUT2D eigenvalue weighted by Gasteiger charge is -2.13. The summed E-state index contributed by atoms with van der Waals surface area (Å²) in [5.74, 6) is -0.353. The van der Waals surface area contributed by atoms with E-state index >= 15 is 0 Å². The first kappa shape index (κ1) is 15.5. The number of carbonyl (C=O) groups is 2. The molecule has 0 atom stereocenters. The number of rotatable bonds is 2. The molecule has 1 N–H and O–H groups in total. The van der Waals surface area contributed by atoms with Crippen LogP contribution in [0.3, 0.4) is 0 Å². The summed E-state index contributed by atoms with van der Waals surface area (Å²) in [6.45, 7) is -0.0277. The Labute approximate surface area is 152 Å². The molecule has 2 aromatic heterocycles. The fourth-order valence-electron chi connectivity index (χ4n) is 3.82. The van der Waals surface area contributed by atoms with E-state index in [4.69, 9.17) is 0 Å². The van der Waals surface area contributed by atoms with Crippen molar-refractivity contribution in [1.82, 2.24) is 14.9 Å². The summed E-state index contributed by atoms with van der Waals surface area (Å²) >= 11 is 1.56. The summed E-state index contributed by atoms with van der Waals surface area (Å²) in [5, 5.41) is 0.677. The number of aromatic amines is 1. The number of nitrogens with one attached hydrogen (secondary N) is 1. The van der Waals surface area contributed by atoms with Crippen LogP contribution in [-0.2, 0) is 19.4 Å². The molecule has 26 heavy (non-hydrogen) atoms. The van der Waals surface area contributed by atoms with Gasteiger partial charge in [0.2, 0.25) is 0 Å². The van der Waals surface area contributed by atoms with Gasteiger partial charge in [0.1, 0.15) is 10.7 Å². The smallest absolute Gasteiger partial charge is 0.261 e. The molecule has 0 saturated heterocycles. The van der Waals surface area contributed by atoms with E-state index in [1.165, 1.54) is 4.88 Å². The number of hydrogen-bond donors (Lipinski definition) is 1. The summed E-state index contributed by atoms with van der Waals surface area (Å²) < 4.78 is 0.